The summed E-state index contributed by atoms with van der Waals surface area (Å²) in [5, 5.41) is 18.5. The summed E-state index contributed by atoms with van der Waals surface area (Å²) < 4.78 is 46.1. The van der Waals surface area contributed by atoms with Crippen LogP contribution >= 0.6 is 0 Å². The lowest BCUT2D eigenvalue weighted by molar-refractivity contribution is -0.385. The van der Waals surface area contributed by atoms with E-state index >= 15 is 0 Å². The van der Waals surface area contributed by atoms with Crippen LogP contribution in [-0.4, -0.2) is 59.6 Å². The number of nitrogens with zero attached hydrogens (tertiary/aromatic N) is 4. The molecule has 0 spiro atoms. The molecule has 14 heteroatoms. The van der Waals surface area contributed by atoms with Gasteiger partial charge >= 0.3 is 0 Å². The second-order valence-corrected chi connectivity index (χ2v) is 10.5. The Bertz CT molecular complexity index is 1390. The number of nitro groups is 1. The molecule has 1 aliphatic rings. The molecule has 37 heavy (non-hydrogen) atoms. The standard InChI is InChI=1S/C23H27N5O8S/c1-15(2)27-23(16(3)21(25-27)22(29)24-14-18-5-4-10-35-18)36-19-7-6-17(28(30)31)13-20(19)37(32,33)26-8-11-34-12-9-26/h4-7,10,13,15H,8-9,11-12,14H2,1-3H3,(H,24,29). The summed E-state index contributed by atoms with van der Waals surface area (Å²) in [7, 11) is -4.15. The van der Waals surface area contributed by atoms with E-state index in [9.17, 15) is 23.3 Å². The number of furan rings is 1. The van der Waals surface area contributed by atoms with Gasteiger partial charge in [-0.2, -0.15) is 9.40 Å². The monoisotopic (exact) mass is 533 g/mol. The summed E-state index contributed by atoms with van der Waals surface area (Å²) in [6.07, 6.45) is 1.50. The van der Waals surface area contributed by atoms with Crippen molar-refractivity contribution in [3.8, 4) is 11.6 Å². The molecule has 0 saturated carbocycles. The van der Waals surface area contributed by atoms with Gasteiger partial charge < -0.3 is 19.2 Å². The molecule has 13 nitrogen and oxygen atoms in total. The smallest absolute Gasteiger partial charge is 0.272 e. The van der Waals surface area contributed by atoms with Crippen molar-refractivity contribution in [1.82, 2.24) is 19.4 Å². The molecule has 0 unspecified atom stereocenters. The largest absolute Gasteiger partial charge is 0.467 e. The number of morpholine rings is 1. The van der Waals surface area contributed by atoms with E-state index in [1.165, 1.54) is 21.3 Å². The molecule has 0 bridgehead atoms. The zero-order chi connectivity index (χ0) is 26.7. The number of non-ortho nitro benzene ring substituents is 1. The van der Waals surface area contributed by atoms with Crippen molar-refractivity contribution in [2.45, 2.75) is 38.3 Å². The SMILES string of the molecule is Cc1c(C(=O)NCc2ccco2)nn(C(C)C)c1Oc1ccc([N+](=O)[O-])cc1S(=O)(=O)N1CCOCC1. The predicted octanol–water partition coefficient (Wildman–Crippen LogP) is 3.02. The van der Waals surface area contributed by atoms with Crippen LogP contribution in [-0.2, 0) is 21.3 Å². The number of amides is 1. The average Bonchev–Trinajstić information content (AvgIpc) is 3.51. The molecule has 3 aromatic rings. The van der Waals surface area contributed by atoms with Gasteiger partial charge in [0, 0.05) is 30.8 Å². The molecule has 2 aromatic heterocycles. The van der Waals surface area contributed by atoms with Gasteiger partial charge in [-0.15, -0.1) is 0 Å². The van der Waals surface area contributed by atoms with Crippen LogP contribution in [0.15, 0.2) is 45.9 Å². The van der Waals surface area contributed by atoms with Crippen molar-refractivity contribution < 1.29 is 32.0 Å². The predicted molar refractivity (Wildman–Crippen MR) is 130 cm³/mol. The first-order valence-corrected chi connectivity index (χ1v) is 13.0. The topological polar surface area (TPSA) is 159 Å². The molecule has 1 fully saturated rings. The van der Waals surface area contributed by atoms with Crippen LogP contribution in [0.1, 0.15) is 41.7 Å². The number of benzene rings is 1. The first-order valence-electron chi connectivity index (χ1n) is 11.5. The van der Waals surface area contributed by atoms with Gasteiger partial charge in [-0.3, -0.25) is 14.9 Å². The van der Waals surface area contributed by atoms with Crippen LogP contribution in [0.25, 0.3) is 0 Å². The molecule has 1 N–H and O–H groups in total. The Morgan fingerprint density at radius 3 is 2.62 bits per heavy atom. The van der Waals surface area contributed by atoms with Gasteiger partial charge in [-0.05, 0) is 39.0 Å². The molecule has 0 atom stereocenters. The van der Waals surface area contributed by atoms with Gasteiger partial charge in [-0.25, -0.2) is 13.1 Å². The summed E-state index contributed by atoms with van der Waals surface area (Å²) >= 11 is 0. The van der Waals surface area contributed by atoms with Crippen LogP contribution in [0.3, 0.4) is 0 Å². The van der Waals surface area contributed by atoms with Crippen LogP contribution < -0.4 is 10.1 Å². The number of aromatic nitrogens is 2. The highest BCUT2D eigenvalue weighted by Gasteiger charge is 2.32. The lowest BCUT2D eigenvalue weighted by Crippen LogP contribution is -2.40. The van der Waals surface area contributed by atoms with E-state index in [4.69, 9.17) is 13.9 Å². The average molecular weight is 534 g/mol. The van der Waals surface area contributed by atoms with Gasteiger partial charge in [0.1, 0.15) is 16.4 Å². The Hall–Kier alpha value is -3.75. The summed E-state index contributed by atoms with van der Waals surface area (Å²) in [5.41, 5.74) is 0.0692. The van der Waals surface area contributed by atoms with E-state index in [0.717, 1.165) is 12.1 Å². The van der Waals surface area contributed by atoms with Crippen LogP contribution in [0.4, 0.5) is 5.69 Å². The highest BCUT2D eigenvalue weighted by Crippen LogP contribution is 2.37. The van der Waals surface area contributed by atoms with E-state index < -0.39 is 26.5 Å². The number of carbonyl (C=O) groups excluding carboxylic acids is 1. The normalized spacial score (nSPS) is 14.6. The van der Waals surface area contributed by atoms with E-state index in [0.29, 0.717) is 11.3 Å². The first-order chi connectivity index (χ1) is 17.6. The Morgan fingerprint density at radius 2 is 2.00 bits per heavy atom. The Labute approximate surface area is 213 Å². The van der Waals surface area contributed by atoms with Crippen molar-refractivity contribution in [3.05, 3.63) is 63.7 Å². The van der Waals surface area contributed by atoms with Crippen molar-refractivity contribution >= 4 is 21.6 Å². The van der Waals surface area contributed by atoms with Gasteiger partial charge in [0.05, 0.1) is 37.0 Å². The fourth-order valence-electron chi connectivity index (χ4n) is 3.78. The summed E-state index contributed by atoms with van der Waals surface area (Å²) in [6.45, 7) is 6.06. The highest BCUT2D eigenvalue weighted by molar-refractivity contribution is 7.89. The summed E-state index contributed by atoms with van der Waals surface area (Å²) in [5.74, 6) is 0.118. The number of sulfonamides is 1. The van der Waals surface area contributed by atoms with Crippen molar-refractivity contribution in [3.63, 3.8) is 0 Å². The van der Waals surface area contributed by atoms with E-state index in [1.54, 1.807) is 19.1 Å². The molecule has 1 saturated heterocycles. The molecule has 4 rings (SSSR count). The van der Waals surface area contributed by atoms with Crippen LogP contribution in [0.5, 0.6) is 11.6 Å². The summed E-state index contributed by atoms with van der Waals surface area (Å²) in [4.78, 5) is 23.3. The Morgan fingerprint density at radius 1 is 1.27 bits per heavy atom. The molecular weight excluding hydrogens is 506 g/mol. The molecule has 3 heterocycles. The lowest BCUT2D eigenvalue weighted by atomic mass is 10.2. The Balaban J connectivity index is 1.72. The van der Waals surface area contributed by atoms with Crippen molar-refractivity contribution in [1.29, 1.82) is 0 Å². The fraction of sp³-hybridized carbons (Fsp3) is 0.391. The number of nitrogens with one attached hydrogen (secondary N) is 1. The van der Waals surface area contributed by atoms with Gasteiger partial charge in [-0.1, -0.05) is 0 Å². The number of carbonyl (C=O) groups is 1. The third kappa shape index (κ3) is 5.50. The highest BCUT2D eigenvalue weighted by atomic mass is 32.2. The maximum atomic E-state index is 13.5. The second kappa shape index (κ2) is 10.7. The molecule has 198 valence electrons. The van der Waals surface area contributed by atoms with Crippen LogP contribution in [0, 0.1) is 17.0 Å². The molecule has 1 aliphatic heterocycles. The number of hydrogen-bond donors (Lipinski definition) is 1. The number of hydrogen-bond acceptors (Lipinski definition) is 9. The van der Waals surface area contributed by atoms with E-state index in [-0.39, 0.29) is 61.1 Å². The quantitative estimate of drug-likeness (QED) is 0.322. The number of ether oxygens (including phenoxy) is 2. The first kappa shape index (κ1) is 26.3. The minimum Gasteiger partial charge on any atom is -0.467 e. The minimum atomic E-state index is -4.15. The van der Waals surface area contributed by atoms with Crippen molar-refractivity contribution in [2.24, 2.45) is 0 Å². The summed E-state index contributed by atoms with van der Waals surface area (Å²) in [6, 6.07) is 6.55. The third-order valence-corrected chi connectivity index (χ3v) is 7.65. The van der Waals surface area contributed by atoms with Gasteiger partial charge in [0.2, 0.25) is 15.9 Å². The molecule has 0 aliphatic carbocycles. The van der Waals surface area contributed by atoms with Crippen molar-refractivity contribution in [2.75, 3.05) is 26.3 Å². The number of rotatable bonds is 9. The van der Waals surface area contributed by atoms with E-state index in [1.807, 2.05) is 13.8 Å². The molecule has 1 aromatic carbocycles. The second-order valence-electron chi connectivity index (χ2n) is 8.59. The Kier molecular flexibility index (Phi) is 7.61. The fourth-order valence-corrected chi connectivity index (χ4v) is 5.32. The zero-order valence-electron chi connectivity index (χ0n) is 20.5. The third-order valence-electron chi connectivity index (χ3n) is 5.73. The molecular formula is C23H27N5O8S. The number of nitro benzene ring substituents is 1. The lowest BCUT2D eigenvalue weighted by Gasteiger charge is -2.26. The van der Waals surface area contributed by atoms with E-state index in [2.05, 4.69) is 10.4 Å². The molecule has 1 amide bonds. The molecule has 0 radical (unpaired) electrons. The van der Waals surface area contributed by atoms with Gasteiger partial charge in [0.15, 0.2) is 5.69 Å². The maximum absolute atomic E-state index is 13.5. The minimum absolute atomic E-state index is 0.0924. The maximum Gasteiger partial charge on any atom is 0.272 e. The van der Waals surface area contributed by atoms with Crippen LogP contribution in [0.2, 0.25) is 0 Å². The zero-order valence-corrected chi connectivity index (χ0v) is 21.4. The van der Waals surface area contributed by atoms with Gasteiger partial charge in [0.25, 0.3) is 11.6 Å².